The maximum Gasteiger partial charge on any atom is 0.231 e. The fourth-order valence-electron chi connectivity index (χ4n) is 2.42. The zero-order valence-electron chi connectivity index (χ0n) is 10.5. The van der Waals surface area contributed by atoms with Crippen molar-refractivity contribution in [3.63, 3.8) is 0 Å². The molecule has 1 aromatic carbocycles. The van der Waals surface area contributed by atoms with Gasteiger partial charge in [0.25, 0.3) is 0 Å². The molecule has 5 nitrogen and oxygen atoms in total. The van der Waals surface area contributed by atoms with E-state index < -0.39 is 5.60 Å². The average Bonchev–Trinajstić information content (AvgIpc) is 2.72. The summed E-state index contributed by atoms with van der Waals surface area (Å²) in [4.78, 5) is 2.17. The molecule has 1 saturated heterocycles. The van der Waals surface area contributed by atoms with Crippen molar-refractivity contribution in [3.05, 3.63) is 18.2 Å². The Kier molecular flexibility index (Phi) is 2.80. The molecular formula is C13H18N2O3. The summed E-state index contributed by atoms with van der Waals surface area (Å²) < 4.78 is 10.7. The third-order valence-corrected chi connectivity index (χ3v) is 3.32. The SMILES string of the molecule is CC1(O)CNCCN(c2ccc3c(c2)OCO3)C1. The minimum Gasteiger partial charge on any atom is -0.454 e. The summed E-state index contributed by atoms with van der Waals surface area (Å²) in [5.74, 6) is 1.57. The van der Waals surface area contributed by atoms with Crippen molar-refractivity contribution in [2.45, 2.75) is 12.5 Å². The molecule has 0 aliphatic carbocycles. The van der Waals surface area contributed by atoms with Crippen molar-refractivity contribution in [1.82, 2.24) is 5.32 Å². The molecule has 2 heterocycles. The van der Waals surface area contributed by atoms with Gasteiger partial charge in [-0.1, -0.05) is 0 Å². The fourth-order valence-corrected chi connectivity index (χ4v) is 2.42. The number of β-amino-alcohol motifs (C(OH)–C–C–N with tert-alkyl or cyclic N) is 1. The molecule has 0 aromatic heterocycles. The third-order valence-electron chi connectivity index (χ3n) is 3.32. The lowest BCUT2D eigenvalue weighted by Crippen LogP contribution is -2.43. The van der Waals surface area contributed by atoms with Gasteiger partial charge in [0.05, 0.1) is 5.60 Å². The number of aliphatic hydroxyl groups is 1. The zero-order valence-corrected chi connectivity index (χ0v) is 10.5. The number of nitrogens with zero attached hydrogens (tertiary/aromatic N) is 1. The lowest BCUT2D eigenvalue weighted by atomic mass is 10.1. The molecular weight excluding hydrogens is 232 g/mol. The third kappa shape index (κ3) is 2.23. The van der Waals surface area contributed by atoms with Crippen LogP contribution in [0.2, 0.25) is 0 Å². The van der Waals surface area contributed by atoms with Crippen molar-refractivity contribution < 1.29 is 14.6 Å². The topological polar surface area (TPSA) is 54.0 Å². The van der Waals surface area contributed by atoms with Crippen LogP contribution in [0.25, 0.3) is 0 Å². The summed E-state index contributed by atoms with van der Waals surface area (Å²) in [7, 11) is 0. The van der Waals surface area contributed by atoms with Gasteiger partial charge in [0, 0.05) is 37.9 Å². The minimum absolute atomic E-state index is 0.290. The van der Waals surface area contributed by atoms with Crippen LogP contribution in [-0.2, 0) is 0 Å². The molecule has 0 saturated carbocycles. The number of nitrogens with one attached hydrogen (secondary N) is 1. The van der Waals surface area contributed by atoms with Gasteiger partial charge in [-0.05, 0) is 19.1 Å². The Hall–Kier alpha value is -1.46. The van der Waals surface area contributed by atoms with Gasteiger partial charge in [-0.25, -0.2) is 0 Å². The highest BCUT2D eigenvalue weighted by molar-refractivity contribution is 5.57. The van der Waals surface area contributed by atoms with E-state index in [0.29, 0.717) is 13.1 Å². The molecule has 1 aromatic rings. The van der Waals surface area contributed by atoms with Crippen molar-refractivity contribution in [2.75, 3.05) is 37.9 Å². The van der Waals surface area contributed by atoms with E-state index in [4.69, 9.17) is 9.47 Å². The lowest BCUT2D eigenvalue weighted by molar-refractivity contribution is 0.0729. The molecule has 0 amide bonds. The fraction of sp³-hybridized carbons (Fsp3) is 0.538. The number of fused-ring (bicyclic) bond motifs is 1. The largest absolute Gasteiger partial charge is 0.454 e. The maximum atomic E-state index is 10.2. The summed E-state index contributed by atoms with van der Waals surface area (Å²) >= 11 is 0. The van der Waals surface area contributed by atoms with Gasteiger partial charge >= 0.3 is 0 Å². The molecule has 0 spiro atoms. The molecule has 0 radical (unpaired) electrons. The van der Waals surface area contributed by atoms with E-state index in [1.807, 2.05) is 25.1 Å². The first-order valence-electron chi connectivity index (χ1n) is 6.22. The monoisotopic (exact) mass is 250 g/mol. The first-order valence-corrected chi connectivity index (χ1v) is 6.22. The van der Waals surface area contributed by atoms with Crippen LogP contribution in [0.4, 0.5) is 5.69 Å². The highest BCUT2D eigenvalue weighted by Crippen LogP contribution is 2.35. The van der Waals surface area contributed by atoms with Gasteiger partial charge in [-0.15, -0.1) is 0 Å². The molecule has 1 atom stereocenters. The predicted molar refractivity (Wildman–Crippen MR) is 68.3 cm³/mol. The number of hydrogen-bond donors (Lipinski definition) is 2. The Balaban J connectivity index is 1.85. The highest BCUT2D eigenvalue weighted by atomic mass is 16.7. The van der Waals surface area contributed by atoms with Gasteiger partial charge in [-0.3, -0.25) is 0 Å². The summed E-state index contributed by atoms with van der Waals surface area (Å²) in [6.07, 6.45) is 0. The number of rotatable bonds is 1. The zero-order chi connectivity index (χ0) is 12.6. The molecule has 1 unspecified atom stereocenters. The van der Waals surface area contributed by atoms with Crippen LogP contribution in [-0.4, -0.2) is 43.7 Å². The average molecular weight is 250 g/mol. The second kappa shape index (κ2) is 4.33. The van der Waals surface area contributed by atoms with E-state index >= 15 is 0 Å². The summed E-state index contributed by atoms with van der Waals surface area (Å²) in [5.41, 5.74) is 0.343. The maximum absolute atomic E-state index is 10.2. The molecule has 5 heteroatoms. The van der Waals surface area contributed by atoms with Crippen LogP contribution >= 0.6 is 0 Å². The van der Waals surface area contributed by atoms with E-state index in [2.05, 4.69) is 10.2 Å². The second-order valence-electron chi connectivity index (χ2n) is 5.13. The van der Waals surface area contributed by atoms with Crippen molar-refractivity contribution in [1.29, 1.82) is 0 Å². The smallest absolute Gasteiger partial charge is 0.231 e. The molecule has 2 aliphatic rings. The summed E-state index contributed by atoms with van der Waals surface area (Å²) in [6, 6.07) is 5.91. The van der Waals surface area contributed by atoms with E-state index in [0.717, 1.165) is 30.3 Å². The van der Waals surface area contributed by atoms with Crippen molar-refractivity contribution >= 4 is 5.69 Å². The van der Waals surface area contributed by atoms with E-state index in [1.54, 1.807) is 0 Å². The first kappa shape index (κ1) is 11.6. The second-order valence-corrected chi connectivity index (χ2v) is 5.13. The Bertz CT molecular complexity index is 448. The van der Waals surface area contributed by atoms with Gasteiger partial charge < -0.3 is 24.8 Å². The van der Waals surface area contributed by atoms with E-state index in [9.17, 15) is 5.11 Å². The molecule has 3 rings (SSSR count). The van der Waals surface area contributed by atoms with Gasteiger partial charge in [0.2, 0.25) is 6.79 Å². The van der Waals surface area contributed by atoms with Crippen LogP contribution in [0, 0.1) is 0 Å². The van der Waals surface area contributed by atoms with Gasteiger partial charge in [0.15, 0.2) is 11.5 Å². The van der Waals surface area contributed by atoms with Crippen molar-refractivity contribution in [3.8, 4) is 11.5 Å². The van der Waals surface area contributed by atoms with Crippen LogP contribution in [0.1, 0.15) is 6.92 Å². The van der Waals surface area contributed by atoms with Gasteiger partial charge in [-0.2, -0.15) is 0 Å². The predicted octanol–water partition coefficient (Wildman–Crippen LogP) is 0.576. The summed E-state index contributed by atoms with van der Waals surface area (Å²) in [6.45, 7) is 5.11. The standard InChI is InChI=1S/C13H18N2O3/c1-13(16)7-14-4-5-15(8-13)10-2-3-11-12(6-10)18-9-17-11/h2-3,6,14,16H,4-5,7-9H2,1H3. The van der Waals surface area contributed by atoms with Crippen LogP contribution in [0.5, 0.6) is 11.5 Å². The lowest BCUT2D eigenvalue weighted by Gasteiger charge is -2.29. The summed E-state index contributed by atoms with van der Waals surface area (Å²) in [5, 5.41) is 13.5. The molecule has 0 bridgehead atoms. The normalized spacial score (nSPS) is 27.1. The Morgan fingerprint density at radius 1 is 1.33 bits per heavy atom. The molecule has 2 N–H and O–H groups in total. The Morgan fingerprint density at radius 2 is 2.17 bits per heavy atom. The number of anilines is 1. The van der Waals surface area contributed by atoms with Crippen LogP contribution in [0.15, 0.2) is 18.2 Å². The first-order chi connectivity index (χ1) is 8.64. The van der Waals surface area contributed by atoms with Crippen molar-refractivity contribution in [2.24, 2.45) is 0 Å². The van der Waals surface area contributed by atoms with E-state index in [1.165, 1.54) is 0 Å². The molecule has 2 aliphatic heterocycles. The number of benzene rings is 1. The van der Waals surface area contributed by atoms with Crippen LogP contribution in [0.3, 0.4) is 0 Å². The highest BCUT2D eigenvalue weighted by Gasteiger charge is 2.27. The number of ether oxygens (including phenoxy) is 2. The van der Waals surface area contributed by atoms with Crippen LogP contribution < -0.4 is 19.7 Å². The molecule has 1 fully saturated rings. The van der Waals surface area contributed by atoms with E-state index in [-0.39, 0.29) is 6.79 Å². The minimum atomic E-state index is -0.715. The molecule has 18 heavy (non-hydrogen) atoms. The Labute approximate surface area is 106 Å². The quantitative estimate of drug-likeness (QED) is 0.763. The number of hydrogen-bond acceptors (Lipinski definition) is 5. The van der Waals surface area contributed by atoms with Gasteiger partial charge in [0.1, 0.15) is 0 Å². The Morgan fingerprint density at radius 3 is 3.06 bits per heavy atom. The molecule has 98 valence electrons.